The van der Waals surface area contributed by atoms with Crippen molar-refractivity contribution >= 4 is 11.9 Å². The van der Waals surface area contributed by atoms with E-state index in [9.17, 15) is 9.59 Å². The minimum Gasteiger partial charge on any atom is -0.323 e. The number of hydrogen-bond acceptors (Lipinski definition) is 3. The van der Waals surface area contributed by atoms with Crippen LogP contribution in [0.1, 0.15) is 99.5 Å². The Hall–Kier alpha value is -1.88. The summed E-state index contributed by atoms with van der Waals surface area (Å²) in [6.07, 6.45) is 5.68. The van der Waals surface area contributed by atoms with Crippen LogP contribution >= 0.6 is 0 Å². The van der Waals surface area contributed by atoms with E-state index >= 15 is 0 Å². The third-order valence-electron chi connectivity index (χ3n) is 8.23. The van der Waals surface area contributed by atoms with Gasteiger partial charge in [0.05, 0.1) is 6.54 Å². The molecule has 2 saturated heterocycles. The number of hydrogen-bond donors (Lipinski definition) is 2. The van der Waals surface area contributed by atoms with E-state index in [1.54, 1.807) is 0 Å². The number of imide groups is 1. The molecule has 0 bridgehead atoms. The zero-order chi connectivity index (χ0) is 26.0. The van der Waals surface area contributed by atoms with Crippen molar-refractivity contribution in [3.8, 4) is 0 Å². The van der Waals surface area contributed by atoms with Gasteiger partial charge in [-0.05, 0) is 75.7 Å². The first-order valence-corrected chi connectivity index (χ1v) is 13.8. The van der Waals surface area contributed by atoms with Gasteiger partial charge in [0.1, 0.15) is 5.54 Å². The number of urea groups is 1. The molecule has 3 rings (SSSR count). The molecule has 2 fully saturated rings. The van der Waals surface area contributed by atoms with Crippen LogP contribution < -0.4 is 10.6 Å². The summed E-state index contributed by atoms with van der Waals surface area (Å²) >= 11 is 0. The minimum absolute atomic E-state index is 0.0260. The van der Waals surface area contributed by atoms with Crippen LogP contribution in [-0.4, -0.2) is 33.5 Å². The van der Waals surface area contributed by atoms with Crippen LogP contribution in [0.25, 0.3) is 0 Å². The average Bonchev–Trinajstić information content (AvgIpc) is 2.99. The van der Waals surface area contributed by atoms with Gasteiger partial charge < -0.3 is 10.6 Å². The van der Waals surface area contributed by atoms with E-state index in [4.69, 9.17) is 0 Å². The summed E-state index contributed by atoms with van der Waals surface area (Å²) in [4.78, 5) is 29.2. The maximum absolute atomic E-state index is 14.4. The smallest absolute Gasteiger partial charge is 0.323 e. The average molecular weight is 484 g/mol. The molecule has 0 aromatic heterocycles. The number of amides is 3. The molecule has 2 N–H and O–H groups in total. The van der Waals surface area contributed by atoms with Crippen molar-refractivity contribution in [1.82, 2.24) is 15.5 Å². The van der Waals surface area contributed by atoms with Crippen LogP contribution in [0.4, 0.5) is 4.79 Å². The fourth-order valence-corrected chi connectivity index (χ4v) is 6.53. The Morgan fingerprint density at radius 2 is 1.51 bits per heavy atom. The maximum atomic E-state index is 14.4. The Labute approximate surface area is 213 Å². The van der Waals surface area contributed by atoms with E-state index in [0.29, 0.717) is 30.7 Å². The fraction of sp³-hybridized carbons (Fsp3) is 0.733. The topological polar surface area (TPSA) is 61.4 Å². The molecule has 0 radical (unpaired) electrons. The van der Waals surface area contributed by atoms with Gasteiger partial charge in [0.25, 0.3) is 5.91 Å². The van der Waals surface area contributed by atoms with Gasteiger partial charge >= 0.3 is 6.03 Å². The molecule has 0 saturated carbocycles. The molecule has 4 unspecified atom stereocenters. The van der Waals surface area contributed by atoms with Crippen molar-refractivity contribution in [2.45, 2.75) is 117 Å². The van der Waals surface area contributed by atoms with E-state index in [-0.39, 0.29) is 28.9 Å². The molecule has 0 aliphatic carbocycles. The molecule has 1 spiro atoms. The van der Waals surface area contributed by atoms with E-state index in [1.165, 1.54) is 4.90 Å². The minimum atomic E-state index is -0.876. The molecule has 1 aromatic rings. The highest BCUT2D eigenvalue weighted by molar-refractivity contribution is 6.07. The van der Waals surface area contributed by atoms with Crippen LogP contribution in [0.15, 0.2) is 30.3 Å². The molecule has 196 valence electrons. The van der Waals surface area contributed by atoms with E-state index in [0.717, 1.165) is 37.7 Å². The van der Waals surface area contributed by atoms with Gasteiger partial charge in [-0.25, -0.2) is 4.79 Å². The molecular formula is C30H49N3O2. The summed E-state index contributed by atoms with van der Waals surface area (Å²) < 4.78 is 0. The molecular weight excluding hydrogens is 434 g/mol. The molecule has 2 heterocycles. The number of benzene rings is 1. The second kappa shape index (κ2) is 10.6. The van der Waals surface area contributed by atoms with Crippen molar-refractivity contribution in [2.24, 2.45) is 23.7 Å². The zero-order valence-electron chi connectivity index (χ0n) is 23.4. The molecule has 2 aliphatic heterocycles. The third-order valence-corrected chi connectivity index (χ3v) is 8.23. The van der Waals surface area contributed by atoms with Gasteiger partial charge in [0, 0.05) is 17.0 Å². The van der Waals surface area contributed by atoms with Crippen molar-refractivity contribution < 1.29 is 9.59 Å². The highest BCUT2D eigenvalue weighted by atomic mass is 16.2. The highest BCUT2D eigenvalue weighted by Gasteiger charge is 2.65. The summed E-state index contributed by atoms with van der Waals surface area (Å²) in [7, 11) is 0. The summed E-state index contributed by atoms with van der Waals surface area (Å²) in [5, 5.41) is 7.43. The monoisotopic (exact) mass is 483 g/mol. The predicted octanol–water partition coefficient (Wildman–Crippen LogP) is 6.52. The molecule has 5 heteroatoms. The largest absolute Gasteiger partial charge is 0.325 e. The summed E-state index contributed by atoms with van der Waals surface area (Å²) in [6, 6.07) is 9.61. The van der Waals surface area contributed by atoms with E-state index < -0.39 is 5.54 Å². The van der Waals surface area contributed by atoms with Gasteiger partial charge in [-0.3, -0.25) is 9.69 Å². The van der Waals surface area contributed by atoms with E-state index in [2.05, 4.69) is 66.0 Å². The van der Waals surface area contributed by atoms with Crippen LogP contribution in [0, 0.1) is 23.7 Å². The summed E-state index contributed by atoms with van der Waals surface area (Å²) in [5.41, 5.74) is -0.370. The predicted molar refractivity (Wildman–Crippen MR) is 144 cm³/mol. The van der Waals surface area contributed by atoms with Crippen molar-refractivity contribution in [1.29, 1.82) is 0 Å². The van der Waals surface area contributed by atoms with E-state index in [1.807, 2.05) is 30.3 Å². The van der Waals surface area contributed by atoms with Gasteiger partial charge in [-0.1, -0.05) is 71.9 Å². The normalized spacial score (nSPS) is 31.3. The molecule has 3 amide bonds. The molecule has 4 atom stereocenters. The number of carbonyl (C=O) groups is 2. The Balaban J connectivity index is 2.06. The number of nitrogens with one attached hydrogen (secondary N) is 2. The Bertz CT molecular complexity index is 883. The van der Waals surface area contributed by atoms with Crippen molar-refractivity contribution in [2.75, 3.05) is 0 Å². The van der Waals surface area contributed by atoms with Crippen LogP contribution in [-0.2, 0) is 11.3 Å². The number of piperidine rings is 1. The molecule has 1 aromatic carbocycles. The first-order chi connectivity index (χ1) is 16.3. The quantitative estimate of drug-likeness (QED) is 0.372. The molecule has 5 nitrogen and oxygen atoms in total. The van der Waals surface area contributed by atoms with Crippen LogP contribution in [0.2, 0.25) is 0 Å². The lowest BCUT2D eigenvalue weighted by molar-refractivity contribution is -0.140. The number of nitrogens with zero attached hydrogens (tertiary/aromatic N) is 1. The van der Waals surface area contributed by atoms with Crippen molar-refractivity contribution in [3.63, 3.8) is 0 Å². The lowest BCUT2D eigenvalue weighted by atomic mass is 9.58. The Morgan fingerprint density at radius 1 is 0.914 bits per heavy atom. The highest BCUT2D eigenvalue weighted by Crippen LogP contribution is 2.50. The standard InChI is InChI=1S/C30H49N3O2/c1-21(2)14-16-28(7)20-30(25(18-23(5)6)29(8,32-28)17-15-22(3)4)26(34)33(27(35)31-30)19-24-12-10-9-11-13-24/h9-13,21-23,25,32H,14-20H2,1-8H3,(H,31,35). The number of carbonyl (C=O) groups excluding carboxylic acids is 2. The lowest BCUT2D eigenvalue weighted by Crippen LogP contribution is -2.75. The zero-order valence-corrected chi connectivity index (χ0v) is 23.4. The maximum Gasteiger partial charge on any atom is 0.325 e. The Kier molecular flexibility index (Phi) is 8.41. The second-order valence-electron chi connectivity index (χ2n) is 13.1. The summed E-state index contributed by atoms with van der Waals surface area (Å²) in [6.45, 7) is 18.4. The molecule has 35 heavy (non-hydrogen) atoms. The fourth-order valence-electron chi connectivity index (χ4n) is 6.53. The van der Waals surface area contributed by atoms with Gasteiger partial charge in [-0.2, -0.15) is 0 Å². The summed E-state index contributed by atoms with van der Waals surface area (Å²) in [5.74, 6) is 1.58. The first-order valence-electron chi connectivity index (χ1n) is 13.8. The number of rotatable bonds is 10. The molecule has 2 aliphatic rings. The van der Waals surface area contributed by atoms with Crippen molar-refractivity contribution in [3.05, 3.63) is 35.9 Å². The van der Waals surface area contributed by atoms with Crippen LogP contribution in [0.3, 0.4) is 0 Å². The van der Waals surface area contributed by atoms with Crippen LogP contribution in [0.5, 0.6) is 0 Å². The van der Waals surface area contributed by atoms with Gasteiger partial charge in [0.2, 0.25) is 0 Å². The SMILES string of the molecule is CC(C)CCC1(C)CC2(NC(=O)N(Cc3ccccc3)C2=O)C(CC(C)C)C(C)(CCC(C)C)N1. The lowest BCUT2D eigenvalue weighted by Gasteiger charge is -2.59. The Morgan fingerprint density at radius 3 is 2.09 bits per heavy atom. The van der Waals surface area contributed by atoms with Gasteiger partial charge in [-0.15, -0.1) is 0 Å². The second-order valence-corrected chi connectivity index (χ2v) is 13.1. The van der Waals surface area contributed by atoms with Gasteiger partial charge in [0.15, 0.2) is 0 Å². The third kappa shape index (κ3) is 6.10. The first kappa shape index (κ1) is 27.7.